The third-order valence-corrected chi connectivity index (χ3v) is 4.24. The van der Waals surface area contributed by atoms with Crippen molar-refractivity contribution in [3.63, 3.8) is 0 Å². The predicted molar refractivity (Wildman–Crippen MR) is 92.8 cm³/mol. The van der Waals surface area contributed by atoms with Gasteiger partial charge in [-0.05, 0) is 34.1 Å². The van der Waals surface area contributed by atoms with Crippen LogP contribution in [0.4, 0.5) is 0 Å². The highest BCUT2D eigenvalue weighted by Crippen LogP contribution is 2.22. The minimum atomic E-state index is -0.206. The average Bonchev–Trinajstić information content (AvgIpc) is 2.47. The van der Waals surface area contributed by atoms with E-state index in [1.54, 1.807) is 30.1 Å². The molecule has 0 spiro atoms. The average molecular weight is 411 g/mol. The van der Waals surface area contributed by atoms with Crippen molar-refractivity contribution in [2.45, 2.75) is 0 Å². The summed E-state index contributed by atoms with van der Waals surface area (Å²) >= 11 is 9.19. The zero-order chi connectivity index (χ0) is 15.4. The van der Waals surface area contributed by atoms with Gasteiger partial charge in [0.15, 0.2) is 0 Å². The van der Waals surface area contributed by atoms with E-state index in [0.29, 0.717) is 28.1 Å². The first-order valence-corrected chi connectivity index (χ1v) is 7.85. The Labute approximate surface area is 149 Å². The van der Waals surface area contributed by atoms with E-state index < -0.39 is 0 Å². The lowest BCUT2D eigenvalue weighted by Crippen LogP contribution is -2.49. The Morgan fingerprint density at radius 1 is 1.36 bits per heavy atom. The Morgan fingerprint density at radius 2 is 2.00 bits per heavy atom. The number of carbonyl (C=O) groups excluding carboxylic acids is 2. The third kappa shape index (κ3) is 4.84. The fraction of sp³-hybridized carbons (Fsp3) is 0.429. The zero-order valence-electron chi connectivity index (χ0n) is 12.1. The quantitative estimate of drug-likeness (QED) is 0.829. The lowest BCUT2D eigenvalue weighted by molar-refractivity contribution is -0.132. The highest BCUT2D eigenvalue weighted by Gasteiger charge is 2.21. The first-order chi connectivity index (χ1) is 9.99. The van der Waals surface area contributed by atoms with Gasteiger partial charge in [0, 0.05) is 42.7 Å². The molecule has 1 aromatic carbocycles. The van der Waals surface area contributed by atoms with Crippen molar-refractivity contribution in [2.24, 2.45) is 0 Å². The highest BCUT2D eigenvalue weighted by atomic mass is 79.9. The molecule has 1 saturated heterocycles. The van der Waals surface area contributed by atoms with Crippen molar-refractivity contribution >= 4 is 51.8 Å². The monoisotopic (exact) mass is 409 g/mol. The van der Waals surface area contributed by atoms with E-state index in [0.717, 1.165) is 13.1 Å². The number of nitrogens with one attached hydrogen (secondary N) is 1. The van der Waals surface area contributed by atoms with Crippen molar-refractivity contribution in [3.8, 4) is 0 Å². The number of rotatable bonds is 3. The Morgan fingerprint density at radius 3 is 2.59 bits per heavy atom. The molecule has 0 aliphatic carbocycles. The molecule has 0 unspecified atom stereocenters. The third-order valence-electron chi connectivity index (χ3n) is 3.35. The van der Waals surface area contributed by atoms with Gasteiger partial charge in [0.1, 0.15) is 0 Å². The van der Waals surface area contributed by atoms with Crippen LogP contribution in [0.5, 0.6) is 0 Å². The van der Waals surface area contributed by atoms with Crippen molar-refractivity contribution in [2.75, 3.05) is 39.8 Å². The van der Waals surface area contributed by atoms with E-state index in [9.17, 15) is 9.59 Å². The molecule has 1 N–H and O–H groups in total. The minimum absolute atomic E-state index is 0. The lowest BCUT2D eigenvalue weighted by Gasteiger charge is -2.29. The second kappa shape index (κ2) is 8.72. The standard InChI is InChI=1S/C14H17BrClN3O2.ClH/c1-18(9-13(20)19-6-4-17-5-7-19)14(21)11-3-2-10(16)8-12(11)15;/h2-3,8,17H,4-7,9H2,1H3;1H. The molecule has 2 amide bonds. The van der Waals surface area contributed by atoms with Crippen LogP contribution in [0, 0.1) is 0 Å². The number of likely N-dealkylation sites (N-methyl/N-ethyl adjacent to an activating group) is 1. The predicted octanol–water partition coefficient (Wildman–Crippen LogP) is 2.03. The molecule has 1 aliphatic rings. The van der Waals surface area contributed by atoms with Crippen LogP contribution in [0.2, 0.25) is 5.02 Å². The van der Waals surface area contributed by atoms with E-state index >= 15 is 0 Å². The fourth-order valence-corrected chi connectivity index (χ4v) is 3.01. The summed E-state index contributed by atoms with van der Waals surface area (Å²) in [4.78, 5) is 27.7. The van der Waals surface area contributed by atoms with Crippen LogP contribution in [0.3, 0.4) is 0 Å². The number of benzene rings is 1. The number of hydrogen-bond acceptors (Lipinski definition) is 3. The van der Waals surface area contributed by atoms with Gasteiger partial charge in [-0.3, -0.25) is 9.59 Å². The topological polar surface area (TPSA) is 52.7 Å². The van der Waals surface area contributed by atoms with Gasteiger partial charge in [-0.1, -0.05) is 11.6 Å². The highest BCUT2D eigenvalue weighted by molar-refractivity contribution is 9.10. The van der Waals surface area contributed by atoms with Crippen LogP contribution >= 0.6 is 39.9 Å². The summed E-state index contributed by atoms with van der Waals surface area (Å²) in [6.07, 6.45) is 0. The number of halogens is 3. The van der Waals surface area contributed by atoms with Crippen molar-refractivity contribution in [1.29, 1.82) is 0 Å². The molecule has 5 nitrogen and oxygen atoms in total. The number of piperazine rings is 1. The second-order valence-electron chi connectivity index (χ2n) is 4.92. The molecule has 1 fully saturated rings. The molecule has 0 saturated carbocycles. The number of carbonyl (C=O) groups is 2. The van der Waals surface area contributed by atoms with Gasteiger partial charge in [-0.2, -0.15) is 0 Å². The van der Waals surface area contributed by atoms with Gasteiger partial charge in [-0.15, -0.1) is 12.4 Å². The maximum atomic E-state index is 12.4. The summed E-state index contributed by atoms with van der Waals surface area (Å²) in [5.74, 6) is -0.237. The zero-order valence-corrected chi connectivity index (χ0v) is 15.3. The summed E-state index contributed by atoms with van der Waals surface area (Å²) in [5, 5.41) is 3.74. The SMILES string of the molecule is CN(CC(=O)N1CCNCC1)C(=O)c1ccc(Cl)cc1Br.Cl. The van der Waals surface area contributed by atoms with Gasteiger partial charge in [-0.25, -0.2) is 0 Å². The molecule has 0 bridgehead atoms. The minimum Gasteiger partial charge on any atom is -0.339 e. The molecule has 0 atom stereocenters. The molecule has 1 heterocycles. The molecule has 22 heavy (non-hydrogen) atoms. The van der Waals surface area contributed by atoms with E-state index in [1.807, 2.05) is 0 Å². The van der Waals surface area contributed by atoms with Crippen LogP contribution in [0.25, 0.3) is 0 Å². The molecule has 2 rings (SSSR count). The van der Waals surface area contributed by atoms with Crippen molar-refractivity contribution in [1.82, 2.24) is 15.1 Å². The van der Waals surface area contributed by atoms with E-state index in [-0.39, 0.29) is 30.8 Å². The first-order valence-electron chi connectivity index (χ1n) is 6.68. The number of nitrogens with zero attached hydrogens (tertiary/aromatic N) is 2. The fourth-order valence-electron chi connectivity index (χ4n) is 2.16. The van der Waals surface area contributed by atoms with E-state index in [2.05, 4.69) is 21.2 Å². The molecule has 8 heteroatoms. The van der Waals surface area contributed by atoms with E-state index in [1.165, 1.54) is 4.90 Å². The molecular formula is C14H18BrCl2N3O2. The Bertz CT molecular complexity index is 551. The summed E-state index contributed by atoms with van der Waals surface area (Å²) in [5.41, 5.74) is 0.495. The maximum absolute atomic E-state index is 12.4. The van der Waals surface area contributed by atoms with Gasteiger partial charge in [0.25, 0.3) is 5.91 Å². The van der Waals surface area contributed by atoms with Crippen molar-refractivity contribution in [3.05, 3.63) is 33.3 Å². The molecular weight excluding hydrogens is 393 g/mol. The van der Waals surface area contributed by atoms with Crippen LogP contribution in [-0.2, 0) is 4.79 Å². The Balaban J connectivity index is 0.00000242. The number of amides is 2. The van der Waals surface area contributed by atoms with Gasteiger partial charge in [0.2, 0.25) is 5.91 Å². The summed E-state index contributed by atoms with van der Waals surface area (Å²) in [6, 6.07) is 4.98. The lowest BCUT2D eigenvalue weighted by atomic mass is 10.2. The van der Waals surface area contributed by atoms with E-state index in [4.69, 9.17) is 11.6 Å². The maximum Gasteiger partial charge on any atom is 0.255 e. The molecule has 122 valence electrons. The molecule has 1 aromatic rings. The van der Waals surface area contributed by atoms with Crippen LogP contribution < -0.4 is 5.32 Å². The van der Waals surface area contributed by atoms with Gasteiger partial charge >= 0.3 is 0 Å². The molecule has 1 aliphatic heterocycles. The smallest absolute Gasteiger partial charge is 0.255 e. The normalized spacial score (nSPS) is 14.2. The first kappa shape index (κ1) is 19.2. The summed E-state index contributed by atoms with van der Waals surface area (Å²) in [7, 11) is 1.63. The number of hydrogen-bond donors (Lipinski definition) is 1. The van der Waals surface area contributed by atoms with Gasteiger partial charge < -0.3 is 15.1 Å². The van der Waals surface area contributed by atoms with Crippen LogP contribution in [0.1, 0.15) is 10.4 Å². The molecule has 0 radical (unpaired) electrons. The van der Waals surface area contributed by atoms with Crippen LogP contribution in [-0.4, -0.2) is 61.4 Å². The van der Waals surface area contributed by atoms with Crippen LogP contribution in [0.15, 0.2) is 22.7 Å². The second-order valence-corrected chi connectivity index (χ2v) is 6.21. The van der Waals surface area contributed by atoms with Crippen molar-refractivity contribution < 1.29 is 9.59 Å². The Hall–Kier alpha value is -0.820. The summed E-state index contributed by atoms with van der Waals surface area (Å²) in [6.45, 7) is 3.04. The Kier molecular flexibility index (Phi) is 7.62. The van der Waals surface area contributed by atoms with Gasteiger partial charge in [0.05, 0.1) is 12.1 Å². The summed E-state index contributed by atoms with van der Waals surface area (Å²) < 4.78 is 0.626. The molecule has 0 aromatic heterocycles. The largest absolute Gasteiger partial charge is 0.339 e.